The smallest absolute Gasteiger partial charge is 0.219 e. The van der Waals surface area contributed by atoms with Gasteiger partial charge in [-0.2, -0.15) is 0 Å². The molecule has 0 bridgehead atoms. The SMILES string of the molecule is COc1ccc(CN2CCC[C@H]2c2ncc3c(n2)CCN(C(C)=O)C3)cc1OC. The summed E-state index contributed by atoms with van der Waals surface area (Å²) in [6.07, 6.45) is 4.91. The van der Waals surface area contributed by atoms with Crippen LogP contribution in [-0.4, -0.2) is 53.0 Å². The Bertz CT molecular complexity index is 902. The van der Waals surface area contributed by atoms with Crippen molar-refractivity contribution in [2.24, 2.45) is 0 Å². The molecule has 0 radical (unpaired) electrons. The van der Waals surface area contributed by atoms with Crippen LogP contribution in [0.2, 0.25) is 0 Å². The second kappa shape index (κ2) is 8.37. The summed E-state index contributed by atoms with van der Waals surface area (Å²) in [4.78, 5) is 25.5. The molecule has 7 nitrogen and oxygen atoms in total. The molecule has 7 heteroatoms. The van der Waals surface area contributed by atoms with Crippen LogP contribution >= 0.6 is 0 Å². The van der Waals surface area contributed by atoms with Gasteiger partial charge in [-0.05, 0) is 37.1 Å². The van der Waals surface area contributed by atoms with Gasteiger partial charge in [0.2, 0.25) is 5.91 Å². The summed E-state index contributed by atoms with van der Waals surface area (Å²) >= 11 is 0. The molecule has 0 spiro atoms. The largest absolute Gasteiger partial charge is 0.493 e. The number of benzene rings is 1. The van der Waals surface area contributed by atoms with E-state index in [1.165, 1.54) is 5.56 Å². The van der Waals surface area contributed by atoms with Crippen molar-refractivity contribution >= 4 is 5.91 Å². The van der Waals surface area contributed by atoms with E-state index in [1.807, 2.05) is 23.2 Å². The first-order chi connectivity index (χ1) is 14.1. The minimum absolute atomic E-state index is 0.108. The fourth-order valence-corrected chi connectivity index (χ4v) is 4.28. The molecule has 154 valence electrons. The third-order valence-electron chi connectivity index (χ3n) is 5.89. The molecule has 1 atom stereocenters. The van der Waals surface area contributed by atoms with E-state index < -0.39 is 0 Å². The van der Waals surface area contributed by atoms with Gasteiger partial charge < -0.3 is 14.4 Å². The summed E-state index contributed by atoms with van der Waals surface area (Å²) < 4.78 is 10.8. The maximum absolute atomic E-state index is 11.6. The van der Waals surface area contributed by atoms with Crippen molar-refractivity contribution in [3.63, 3.8) is 0 Å². The number of amides is 1. The number of methoxy groups -OCH3 is 2. The number of fused-ring (bicyclic) bond motifs is 1. The molecule has 1 saturated heterocycles. The van der Waals surface area contributed by atoms with Gasteiger partial charge in [-0.15, -0.1) is 0 Å². The van der Waals surface area contributed by atoms with E-state index in [0.717, 1.165) is 67.5 Å². The van der Waals surface area contributed by atoms with E-state index >= 15 is 0 Å². The summed E-state index contributed by atoms with van der Waals surface area (Å²) in [6.45, 7) is 4.82. The van der Waals surface area contributed by atoms with Gasteiger partial charge in [-0.25, -0.2) is 9.97 Å². The molecule has 2 aliphatic heterocycles. The number of likely N-dealkylation sites (tertiary alicyclic amines) is 1. The molecule has 29 heavy (non-hydrogen) atoms. The molecular formula is C22H28N4O3. The number of carbonyl (C=O) groups excluding carboxylic acids is 1. The van der Waals surface area contributed by atoms with Crippen LogP contribution < -0.4 is 9.47 Å². The van der Waals surface area contributed by atoms with Crippen molar-refractivity contribution in [2.45, 2.75) is 45.3 Å². The number of rotatable bonds is 5. The Morgan fingerprint density at radius 1 is 1.21 bits per heavy atom. The molecule has 1 aromatic carbocycles. The summed E-state index contributed by atoms with van der Waals surface area (Å²) in [6, 6.07) is 6.30. The lowest BCUT2D eigenvalue weighted by atomic mass is 10.1. The van der Waals surface area contributed by atoms with E-state index in [1.54, 1.807) is 21.1 Å². The lowest BCUT2D eigenvalue weighted by Crippen LogP contribution is -2.35. The molecule has 0 unspecified atom stereocenters. The monoisotopic (exact) mass is 396 g/mol. The van der Waals surface area contributed by atoms with Gasteiger partial charge in [0.15, 0.2) is 11.5 Å². The predicted molar refractivity (Wildman–Crippen MR) is 109 cm³/mol. The fourth-order valence-electron chi connectivity index (χ4n) is 4.28. The van der Waals surface area contributed by atoms with Gasteiger partial charge in [0.25, 0.3) is 0 Å². The zero-order valence-electron chi connectivity index (χ0n) is 17.4. The van der Waals surface area contributed by atoms with Crippen molar-refractivity contribution < 1.29 is 14.3 Å². The van der Waals surface area contributed by atoms with Crippen molar-refractivity contribution in [3.8, 4) is 11.5 Å². The maximum atomic E-state index is 11.6. The zero-order valence-corrected chi connectivity index (χ0v) is 17.4. The molecule has 4 rings (SSSR count). The van der Waals surface area contributed by atoms with Gasteiger partial charge in [0.05, 0.1) is 26.0 Å². The fraction of sp³-hybridized carbons (Fsp3) is 0.500. The van der Waals surface area contributed by atoms with E-state index in [-0.39, 0.29) is 11.9 Å². The average Bonchev–Trinajstić information content (AvgIpc) is 3.20. The topological polar surface area (TPSA) is 67.8 Å². The Morgan fingerprint density at radius 3 is 2.79 bits per heavy atom. The van der Waals surface area contributed by atoms with Crippen LogP contribution in [0, 0.1) is 0 Å². The first-order valence-electron chi connectivity index (χ1n) is 10.1. The second-order valence-electron chi connectivity index (χ2n) is 7.71. The van der Waals surface area contributed by atoms with Gasteiger partial charge in [0.1, 0.15) is 5.82 Å². The lowest BCUT2D eigenvalue weighted by molar-refractivity contribution is -0.129. The second-order valence-corrected chi connectivity index (χ2v) is 7.71. The van der Waals surface area contributed by atoms with Crippen LogP contribution in [0.5, 0.6) is 11.5 Å². The van der Waals surface area contributed by atoms with E-state index in [4.69, 9.17) is 14.5 Å². The predicted octanol–water partition coefficient (Wildman–Crippen LogP) is 2.74. The zero-order chi connectivity index (χ0) is 20.4. The summed E-state index contributed by atoms with van der Waals surface area (Å²) in [5, 5.41) is 0. The highest BCUT2D eigenvalue weighted by molar-refractivity contribution is 5.73. The van der Waals surface area contributed by atoms with Crippen LogP contribution in [0.4, 0.5) is 0 Å². The minimum Gasteiger partial charge on any atom is -0.493 e. The molecule has 1 aromatic heterocycles. The number of carbonyl (C=O) groups is 1. The Kier molecular flexibility index (Phi) is 5.67. The third-order valence-corrected chi connectivity index (χ3v) is 5.89. The molecule has 2 aromatic rings. The summed E-state index contributed by atoms with van der Waals surface area (Å²) in [5.74, 6) is 2.50. The third kappa shape index (κ3) is 4.05. The molecular weight excluding hydrogens is 368 g/mol. The quantitative estimate of drug-likeness (QED) is 0.774. The first kappa shape index (κ1) is 19.6. The Labute approximate surface area is 171 Å². The average molecular weight is 396 g/mol. The molecule has 3 heterocycles. The molecule has 0 saturated carbocycles. The minimum atomic E-state index is 0.108. The van der Waals surface area contributed by atoms with Crippen LogP contribution in [0.15, 0.2) is 24.4 Å². The van der Waals surface area contributed by atoms with Crippen molar-refractivity contribution in [1.29, 1.82) is 0 Å². The van der Waals surface area contributed by atoms with Crippen LogP contribution in [0.3, 0.4) is 0 Å². The van der Waals surface area contributed by atoms with E-state index in [9.17, 15) is 4.79 Å². The number of hydrogen-bond donors (Lipinski definition) is 0. The van der Waals surface area contributed by atoms with Crippen LogP contribution in [0.25, 0.3) is 0 Å². The Hall–Kier alpha value is -2.67. The van der Waals surface area contributed by atoms with Crippen molar-refractivity contribution in [2.75, 3.05) is 27.3 Å². The van der Waals surface area contributed by atoms with Crippen molar-refractivity contribution in [3.05, 3.63) is 47.0 Å². The standard InChI is InChI=1S/C22H28N4O3/c1-15(27)25-10-8-18-17(14-25)12-23-22(24-18)19-5-4-9-26(19)13-16-6-7-20(28-2)21(11-16)29-3/h6-7,11-12,19H,4-5,8-10,13-14H2,1-3H3/t19-/m0/s1. The highest BCUT2D eigenvalue weighted by atomic mass is 16.5. The van der Waals surface area contributed by atoms with Gasteiger partial charge in [-0.3, -0.25) is 9.69 Å². The number of hydrogen-bond acceptors (Lipinski definition) is 6. The van der Waals surface area contributed by atoms with E-state index in [0.29, 0.717) is 6.54 Å². The highest BCUT2D eigenvalue weighted by Crippen LogP contribution is 2.34. The highest BCUT2D eigenvalue weighted by Gasteiger charge is 2.30. The van der Waals surface area contributed by atoms with Crippen molar-refractivity contribution in [1.82, 2.24) is 19.8 Å². The summed E-state index contributed by atoms with van der Waals surface area (Å²) in [7, 11) is 3.31. The van der Waals surface area contributed by atoms with Gasteiger partial charge in [-0.1, -0.05) is 6.07 Å². The number of nitrogens with zero attached hydrogens (tertiary/aromatic N) is 4. The number of aromatic nitrogens is 2. The number of ether oxygens (including phenoxy) is 2. The van der Waals surface area contributed by atoms with Crippen LogP contribution in [0.1, 0.15) is 48.5 Å². The van der Waals surface area contributed by atoms with Gasteiger partial charge in [0, 0.05) is 44.7 Å². The molecule has 2 aliphatic rings. The van der Waals surface area contributed by atoms with Gasteiger partial charge >= 0.3 is 0 Å². The first-order valence-corrected chi connectivity index (χ1v) is 10.1. The Morgan fingerprint density at radius 2 is 2.03 bits per heavy atom. The molecule has 1 fully saturated rings. The summed E-state index contributed by atoms with van der Waals surface area (Å²) in [5.41, 5.74) is 3.34. The molecule has 0 N–H and O–H groups in total. The van der Waals surface area contributed by atoms with E-state index in [2.05, 4.69) is 16.0 Å². The molecule has 0 aliphatic carbocycles. The normalized spacial score (nSPS) is 19.1. The lowest BCUT2D eigenvalue weighted by Gasteiger charge is -2.28. The maximum Gasteiger partial charge on any atom is 0.219 e. The van der Waals surface area contributed by atoms with Crippen LogP contribution in [-0.2, 0) is 24.3 Å². The molecule has 1 amide bonds. The Balaban J connectivity index is 1.51.